The molecule has 1 unspecified atom stereocenters. The maximum atomic E-state index is 11.4. The van der Waals surface area contributed by atoms with Gasteiger partial charge in [-0.3, -0.25) is 9.24 Å². The second-order valence-electron chi connectivity index (χ2n) is 2.07. The number of nitrogens with zero attached hydrogens (tertiary/aromatic N) is 1. The molecule has 0 aliphatic heterocycles. The van der Waals surface area contributed by atoms with E-state index in [9.17, 15) is 4.57 Å². The molecule has 0 aromatic carbocycles. The van der Waals surface area contributed by atoms with E-state index in [1.165, 1.54) is 11.4 Å². The van der Waals surface area contributed by atoms with Crippen LogP contribution in [-0.2, 0) is 4.57 Å². The summed E-state index contributed by atoms with van der Waals surface area (Å²) in [4.78, 5) is 0. The first-order chi connectivity index (χ1) is 4.00. The predicted octanol–water partition coefficient (Wildman–Crippen LogP) is 2.12. The minimum absolute atomic E-state index is 0.923. The Morgan fingerprint density at radius 2 is 2.00 bits per heavy atom. The molecule has 0 aromatic rings. The van der Waals surface area contributed by atoms with Gasteiger partial charge in [0.05, 0.1) is 0 Å². The molecule has 0 saturated heterocycles. The Kier molecular flexibility index (Phi) is 3.86. The summed E-state index contributed by atoms with van der Waals surface area (Å²) < 4.78 is 13.2. The summed E-state index contributed by atoms with van der Waals surface area (Å²) in [6.07, 6.45) is 0. The zero-order chi connectivity index (χ0) is 7.49. The summed E-state index contributed by atoms with van der Waals surface area (Å²) in [5, 5.41) is 0. The molecule has 0 bridgehead atoms. The predicted molar refractivity (Wildman–Crippen MR) is 45.3 cm³/mol. The van der Waals surface area contributed by atoms with E-state index >= 15 is 0 Å². The molecule has 2 nitrogen and oxygen atoms in total. The summed E-state index contributed by atoms with van der Waals surface area (Å²) in [6.45, 7) is 1.80. The molecule has 0 amide bonds. The molecule has 0 rings (SSSR count). The fourth-order valence-corrected chi connectivity index (χ4v) is 3.20. The molecule has 0 aliphatic rings. The van der Waals surface area contributed by atoms with Gasteiger partial charge in [0.25, 0.3) is 0 Å². The second-order valence-corrected chi connectivity index (χ2v) is 8.12. The first-order valence-electron chi connectivity index (χ1n) is 2.90. The fraction of sp³-hybridized carbons (Fsp3) is 1.00. The van der Waals surface area contributed by atoms with Gasteiger partial charge in [0, 0.05) is 6.66 Å². The van der Waals surface area contributed by atoms with Crippen molar-refractivity contribution in [3.8, 4) is 0 Å². The maximum absolute atomic E-state index is 11.4. The summed E-state index contributed by atoms with van der Waals surface area (Å²) in [6, 6.07) is 0. The Labute approximate surface area is 61.2 Å². The molecule has 0 N–H and O–H groups in total. The van der Waals surface area contributed by atoms with Gasteiger partial charge >= 0.3 is 0 Å². The molecule has 0 aliphatic carbocycles. The first-order valence-corrected chi connectivity index (χ1v) is 6.60. The third kappa shape index (κ3) is 3.29. The van der Waals surface area contributed by atoms with E-state index in [1.54, 1.807) is 11.3 Å². The van der Waals surface area contributed by atoms with Gasteiger partial charge in [-0.15, -0.1) is 0 Å². The van der Waals surface area contributed by atoms with Crippen LogP contribution in [0.5, 0.6) is 0 Å². The summed E-state index contributed by atoms with van der Waals surface area (Å²) in [5.41, 5.74) is 0. The van der Waals surface area contributed by atoms with Crippen molar-refractivity contribution in [3.05, 3.63) is 0 Å². The minimum atomic E-state index is -2.01. The molecule has 0 heterocycles. The van der Waals surface area contributed by atoms with Crippen molar-refractivity contribution in [2.45, 2.75) is 6.92 Å². The zero-order valence-corrected chi connectivity index (χ0v) is 8.13. The highest BCUT2D eigenvalue weighted by molar-refractivity contribution is 8.57. The van der Waals surface area contributed by atoms with Gasteiger partial charge in [0.15, 0.2) is 6.49 Å². The Hall–Kier alpha value is 0.540. The van der Waals surface area contributed by atoms with Crippen molar-refractivity contribution in [2.75, 3.05) is 26.5 Å². The van der Waals surface area contributed by atoms with Gasteiger partial charge in [-0.1, -0.05) is 18.3 Å². The largest absolute Gasteiger partial charge is 0.295 e. The minimum Gasteiger partial charge on any atom is -0.295 e. The first kappa shape index (κ1) is 9.54. The maximum Gasteiger partial charge on any atom is 0.199 e. The Morgan fingerprint density at radius 3 is 2.11 bits per heavy atom. The van der Waals surface area contributed by atoms with Gasteiger partial charge in [-0.2, -0.15) is 0 Å². The zero-order valence-electron chi connectivity index (χ0n) is 6.42. The number of rotatable bonds is 3. The lowest BCUT2D eigenvalue weighted by atomic mass is 11.0. The van der Waals surface area contributed by atoms with Crippen LogP contribution < -0.4 is 0 Å². The SMILES string of the molecule is CCSP(C)(=O)N(C)C. The Bertz CT molecular complexity index is 126. The van der Waals surface area contributed by atoms with Crippen LogP contribution in [0.2, 0.25) is 0 Å². The van der Waals surface area contributed by atoms with Crippen molar-refractivity contribution >= 4 is 17.9 Å². The fourth-order valence-electron chi connectivity index (χ4n) is 0.355. The van der Waals surface area contributed by atoms with Crippen molar-refractivity contribution < 1.29 is 4.57 Å². The van der Waals surface area contributed by atoms with Crippen LogP contribution in [0.3, 0.4) is 0 Å². The van der Waals surface area contributed by atoms with E-state index in [0.29, 0.717) is 0 Å². The molecule has 0 saturated carbocycles. The van der Waals surface area contributed by atoms with Gasteiger partial charge in [0.1, 0.15) is 0 Å². The van der Waals surface area contributed by atoms with E-state index < -0.39 is 6.49 Å². The quantitative estimate of drug-likeness (QED) is 0.600. The van der Waals surface area contributed by atoms with Gasteiger partial charge in [-0.05, 0) is 19.8 Å². The van der Waals surface area contributed by atoms with Gasteiger partial charge in [0.2, 0.25) is 0 Å². The monoisotopic (exact) mass is 167 g/mol. The summed E-state index contributed by atoms with van der Waals surface area (Å²) in [5.74, 6) is 0.923. The highest BCUT2D eigenvalue weighted by atomic mass is 32.7. The highest BCUT2D eigenvalue weighted by Crippen LogP contribution is 2.56. The molecule has 56 valence electrons. The lowest BCUT2D eigenvalue weighted by molar-refractivity contribution is 0.535. The second kappa shape index (κ2) is 3.65. The number of hydrogen-bond donors (Lipinski definition) is 0. The topological polar surface area (TPSA) is 20.3 Å². The average molecular weight is 167 g/mol. The number of hydrogen-bond acceptors (Lipinski definition) is 2. The van der Waals surface area contributed by atoms with Crippen LogP contribution in [0.4, 0.5) is 0 Å². The third-order valence-electron chi connectivity index (χ3n) is 1.10. The van der Waals surface area contributed by atoms with E-state index in [-0.39, 0.29) is 0 Å². The summed E-state index contributed by atoms with van der Waals surface area (Å²) in [7, 11) is 3.70. The van der Waals surface area contributed by atoms with Crippen LogP contribution >= 0.6 is 17.9 Å². The van der Waals surface area contributed by atoms with Crippen LogP contribution in [0.15, 0.2) is 0 Å². The van der Waals surface area contributed by atoms with E-state index in [1.807, 2.05) is 21.0 Å². The lowest BCUT2D eigenvalue weighted by Crippen LogP contribution is -2.04. The molecule has 0 spiro atoms. The van der Waals surface area contributed by atoms with E-state index in [2.05, 4.69) is 0 Å². The molecule has 0 fully saturated rings. The molecule has 0 aromatic heterocycles. The lowest BCUT2D eigenvalue weighted by Gasteiger charge is -2.18. The molecule has 0 radical (unpaired) electrons. The Morgan fingerprint density at radius 1 is 1.56 bits per heavy atom. The highest BCUT2D eigenvalue weighted by Gasteiger charge is 2.16. The van der Waals surface area contributed by atoms with Crippen molar-refractivity contribution in [1.82, 2.24) is 4.67 Å². The smallest absolute Gasteiger partial charge is 0.199 e. The van der Waals surface area contributed by atoms with Gasteiger partial charge < -0.3 is 0 Å². The van der Waals surface area contributed by atoms with Gasteiger partial charge in [-0.25, -0.2) is 0 Å². The van der Waals surface area contributed by atoms with Crippen LogP contribution in [0.1, 0.15) is 6.92 Å². The van der Waals surface area contributed by atoms with Crippen LogP contribution in [0.25, 0.3) is 0 Å². The van der Waals surface area contributed by atoms with E-state index in [0.717, 1.165) is 5.75 Å². The van der Waals surface area contributed by atoms with Crippen molar-refractivity contribution in [2.24, 2.45) is 0 Å². The van der Waals surface area contributed by atoms with Crippen molar-refractivity contribution in [3.63, 3.8) is 0 Å². The normalized spacial score (nSPS) is 17.9. The Balaban J connectivity index is 3.87. The molecule has 1 atom stereocenters. The van der Waals surface area contributed by atoms with Crippen molar-refractivity contribution in [1.29, 1.82) is 0 Å². The standard InChI is InChI=1S/C5H14NOPS/c1-5-9-8(4,7)6(2)3/h5H2,1-4H3. The molecular weight excluding hydrogens is 153 g/mol. The molecule has 9 heavy (non-hydrogen) atoms. The molecular formula is C5H14NOPS. The summed E-state index contributed by atoms with van der Waals surface area (Å²) >= 11 is 1.52. The third-order valence-corrected chi connectivity index (χ3v) is 6.48. The van der Waals surface area contributed by atoms with Crippen LogP contribution in [-0.4, -0.2) is 31.2 Å². The molecule has 4 heteroatoms. The van der Waals surface area contributed by atoms with E-state index in [4.69, 9.17) is 0 Å². The van der Waals surface area contributed by atoms with Crippen LogP contribution in [0, 0.1) is 0 Å². The average Bonchev–Trinajstić information content (AvgIpc) is 1.65.